The Kier molecular flexibility index (Phi) is 5.62. The Balaban J connectivity index is 1.49. The molecule has 6 aromatic rings. The number of aryl methyl sites for hydroxylation is 2. The highest BCUT2D eigenvalue weighted by molar-refractivity contribution is 6.30. The predicted octanol–water partition coefficient (Wildman–Crippen LogP) is 5.25. The zero-order valence-corrected chi connectivity index (χ0v) is 20.3. The maximum absolute atomic E-state index is 13.7. The summed E-state index contributed by atoms with van der Waals surface area (Å²) in [6.45, 7) is 0.992. The van der Waals surface area contributed by atoms with E-state index in [0.29, 0.717) is 40.3 Å². The predicted molar refractivity (Wildman–Crippen MR) is 142 cm³/mol. The summed E-state index contributed by atoms with van der Waals surface area (Å²) in [6, 6.07) is 23.1. The van der Waals surface area contributed by atoms with Crippen molar-refractivity contribution in [1.82, 2.24) is 24.1 Å². The Morgan fingerprint density at radius 2 is 1.56 bits per heavy atom. The molecule has 7 nitrogen and oxygen atoms in total. The van der Waals surface area contributed by atoms with E-state index in [0.717, 1.165) is 34.3 Å². The van der Waals surface area contributed by atoms with E-state index < -0.39 is 0 Å². The van der Waals surface area contributed by atoms with Gasteiger partial charge in [-0.1, -0.05) is 48.0 Å². The molecule has 3 aromatic heterocycles. The molecule has 0 spiro atoms. The standard InChI is InChI=1S/C28H22ClN5O2/c1-36-21-12-8-18(9-13-21)14-15-34-26-24(25-27(34)32-23-5-3-2-4-22(23)31-25)28(35)33(17-30-26)16-19-6-10-20(29)11-7-19/h2-13,17H,14-16H2,1H3. The molecule has 0 amide bonds. The molecule has 6 rings (SSSR count). The number of hydrogen-bond acceptors (Lipinski definition) is 5. The van der Waals surface area contributed by atoms with Crippen molar-refractivity contribution >= 4 is 44.8 Å². The molecule has 36 heavy (non-hydrogen) atoms. The zero-order valence-electron chi connectivity index (χ0n) is 19.6. The van der Waals surface area contributed by atoms with Gasteiger partial charge in [0.05, 0.1) is 24.7 Å². The lowest BCUT2D eigenvalue weighted by Gasteiger charge is -2.09. The number of para-hydroxylation sites is 2. The lowest BCUT2D eigenvalue weighted by atomic mass is 10.1. The molecule has 0 atom stereocenters. The number of methoxy groups -OCH3 is 1. The van der Waals surface area contributed by atoms with Crippen molar-refractivity contribution < 1.29 is 4.74 Å². The molecular formula is C28H22ClN5O2. The highest BCUT2D eigenvalue weighted by Crippen LogP contribution is 2.26. The smallest absolute Gasteiger partial charge is 0.265 e. The topological polar surface area (TPSA) is 74.8 Å². The third-order valence-corrected chi connectivity index (χ3v) is 6.62. The molecular weight excluding hydrogens is 474 g/mol. The summed E-state index contributed by atoms with van der Waals surface area (Å²) in [6.07, 6.45) is 2.34. The van der Waals surface area contributed by atoms with E-state index in [1.54, 1.807) is 18.0 Å². The molecule has 0 N–H and O–H groups in total. The minimum Gasteiger partial charge on any atom is -0.497 e. The normalized spacial score (nSPS) is 11.5. The van der Waals surface area contributed by atoms with E-state index in [1.165, 1.54) is 0 Å². The van der Waals surface area contributed by atoms with Crippen LogP contribution in [0.4, 0.5) is 0 Å². The summed E-state index contributed by atoms with van der Waals surface area (Å²) in [5, 5.41) is 1.14. The molecule has 0 bridgehead atoms. The molecule has 178 valence electrons. The van der Waals surface area contributed by atoms with Gasteiger partial charge in [-0.25, -0.2) is 15.0 Å². The van der Waals surface area contributed by atoms with Crippen LogP contribution in [0.2, 0.25) is 5.02 Å². The van der Waals surface area contributed by atoms with Gasteiger partial charge in [-0.2, -0.15) is 0 Å². The first-order valence-corrected chi connectivity index (χ1v) is 12.0. The molecule has 0 radical (unpaired) electrons. The maximum Gasteiger partial charge on any atom is 0.265 e. The molecule has 0 saturated heterocycles. The van der Waals surface area contributed by atoms with E-state index in [2.05, 4.69) is 0 Å². The van der Waals surface area contributed by atoms with Gasteiger partial charge < -0.3 is 9.30 Å². The molecule has 0 fully saturated rings. The van der Waals surface area contributed by atoms with Crippen LogP contribution < -0.4 is 10.3 Å². The van der Waals surface area contributed by atoms with Crippen molar-refractivity contribution in [3.05, 3.63) is 106 Å². The summed E-state index contributed by atoms with van der Waals surface area (Å²) in [5.74, 6) is 0.816. The first-order chi connectivity index (χ1) is 17.6. The average molecular weight is 496 g/mol. The molecule has 0 aliphatic rings. The summed E-state index contributed by atoms with van der Waals surface area (Å²) < 4.78 is 8.88. The van der Waals surface area contributed by atoms with Crippen molar-refractivity contribution in [3.8, 4) is 5.75 Å². The number of aromatic nitrogens is 5. The fourth-order valence-corrected chi connectivity index (χ4v) is 4.61. The first kappa shape index (κ1) is 22.2. The Morgan fingerprint density at radius 1 is 0.861 bits per heavy atom. The summed E-state index contributed by atoms with van der Waals surface area (Å²) >= 11 is 6.02. The van der Waals surface area contributed by atoms with Crippen LogP contribution in [0.5, 0.6) is 5.75 Å². The van der Waals surface area contributed by atoms with E-state index >= 15 is 0 Å². The molecule has 0 aliphatic heterocycles. The highest BCUT2D eigenvalue weighted by Gasteiger charge is 2.20. The third kappa shape index (κ3) is 3.97. The van der Waals surface area contributed by atoms with Crippen LogP contribution in [-0.4, -0.2) is 31.2 Å². The van der Waals surface area contributed by atoms with Crippen molar-refractivity contribution in [2.24, 2.45) is 0 Å². The van der Waals surface area contributed by atoms with Crippen LogP contribution in [0, 0.1) is 0 Å². The monoisotopic (exact) mass is 495 g/mol. The Morgan fingerprint density at radius 3 is 2.28 bits per heavy atom. The van der Waals surface area contributed by atoms with E-state index in [4.69, 9.17) is 31.3 Å². The number of rotatable bonds is 6. The second-order valence-electron chi connectivity index (χ2n) is 8.64. The highest BCUT2D eigenvalue weighted by atomic mass is 35.5. The van der Waals surface area contributed by atoms with Gasteiger partial charge >= 0.3 is 0 Å². The molecule has 0 saturated carbocycles. The van der Waals surface area contributed by atoms with Gasteiger partial charge in [0, 0.05) is 11.6 Å². The van der Waals surface area contributed by atoms with Crippen LogP contribution in [0.3, 0.4) is 0 Å². The van der Waals surface area contributed by atoms with Gasteiger partial charge in [0.25, 0.3) is 5.56 Å². The van der Waals surface area contributed by atoms with Crippen molar-refractivity contribution in [1.29, 1.82) is 0 Å². The minimum absolute atomic E-state index is 0.146. The van der Waals surface area contributed by atoms with Gasteiger partial charge in [-0.3, -0.25) is 9.36 Å². The minimum atomic E-state index is -0.146. The third-order valence-electron chi connectivity index (χ3n) is 6.37. The van der Waals surface area contributed by atoms with E-state index in [-0.39, 0.29) is 5.56 Å². The van der Waals surface area contributed by atoms with Gasteiger partial charge in [-0.05, 0) is 53.9 Å². The lowest BCUT2D eigenvalue weighted by molar-refractivity contribution is 0.414. The number of halogens is 1. The quantitative estimate of drug-likeness (QED) is 0.315. The average Bonchev–Trinajstić information content (AvgIpc) is 3.22. The van der Waals surface area contributed by atoms with Gasteiger partial charge in [0.1, 0.15) is 23.0 Å². The summed E-state index contributed by atoms with van der Waals surface area (Å²) in [5.41, 5.74) is 5.30. The maximum atomic E-state index is 13.7. The van der Waals surface area contributed by atoms with Crippen LogP contribution in [-0.2, 0) is 19.5 Å². The lowest BCUT2D eigenvalue weighted by Crippen LogP contribution is -2.21. The summed E-state index contributed by atoms with van der Waals surface area (Å²) in [7, 11) is 1.65. The fraction of sp³-hybridized carbons (Fsp3) is 0.143. The Hall–Kier alpha value is -4.23. The molecule has 0 unspecified atom stereocenters. The first-order valence-electron chi connectivity index (χ1n) is 11.6. The summed E-state index contributed by atoms with van der Waals surface area (Å²) in [4.78, 5) is 28.2. The zero-order chi connectivity index (χ0) is 24.6. The second-order valence-corrected chi connectivity index (χ2v) is 9.07. The largest absolute Gasteiger partial charge is 0.497 e. The van der Waals surface area contributed by atoms with Gasteiger partial charge in [0.15, 0.2) is 11.3 Å². The van der Waals surface area contributed by atoms with Gasteiger partial charge in [-0.15, -0.1) is 0 Å². The van der Waals surface area contributed by atoms with Crippen LogP contribution >= 0.6 is 11.6 Å². The Labute approximate surface area is 211 Å². The molecule has 3 heterocycles. The van der Waals surface area contributed by atoms with Crippen LogP contribution in [0.15, 0.2) is 83.9 Å². The number of ether oxygens (including phenoxy) is 1. The van der Waals surface area contributed by atoms with Crippen molar-refractivity contribution in [3.63, 3.8) is 0 Å². The van der Waals surface area contributed by atoms with E-state index in [9.17, 15) is 4.79 Å². The number of nitrogens with zero attached hydrogens (tertiary/aromatic N) is 5. The van der Waals surface area contributed by atoms with Crippen molar-refractivity contribution in [2.45, 2.75) is 19.5 Å². The van der Waals surface area contributed by atoms with E-state index in [1.807, 2.05) is 77.4 Å². The number of hydrogen-bond donors (Lipinski definition) is 0. The van der Waals surface area contributed by atoms with Crippen LogP contribution in [0.25, 0.3) is 33.2 Å². The second kappa shape index (κ2) is 9.09. The SMILES string of the molecule is COc1ccc(CCn2c3nc4ccccc4nc3c3c(=O)n(Cc4ccc(Cl)cc4)cnc32)cc1. The van der Waals surface area contributed by atoms with Gasteiger partial charge in [0.2, 0.25) is 0 Å². The number of fused-ring (bicyclic) bond motifs is 4. The van der Waals surface area contributed by atoms with Crippen LogP contribution in [0.1, 0.15) is 11.1 Å². The number of benzene rings is 3. The molecule has 3 aromatic carbocycles. The Bertz CT molecular complexity index is 1770. The molecule has 0 aliphatic carbocycles. The fourth-order valence-electron chi connectivity index (χ4n) is 4.48. The van der Waals surface area contributed by atoms with Crippen molar-refractivity contribution in [2.75, 3.05) is 7.11 Å². The molecule has 8 heteroatoms.